The van der Waals surface area contributed by atoms with Gasteiger partial charge in [0.25, 0.3) is 5.56 Å². The summed E-state index contributed by atoms with van der Waals surface area (Å²) in [6.45, 7) is 3.02. The summed E-state index contributed by atoms with van der Waals surface area (Å²) in [4.78, 5) is 30.4. The van der Waals surface area contributed by atoms with Crippen LogP contribution in [0, 0.1) is 0 Å². The first-order chi connectivity index (χ1) is 15.5. The number of hydrogen-bond acceptors (Lipinski definition) is 6. The van der Waals surface area contributed by atoms with Gasteiger partial charge < -0.3 is 10.2 Å². The highest BCUT2D eigenvalue weighted by Crippen LogP contribution is 2.23. The number of thioether (sulfide) groups is 1. The third kappa shape index (κ3) is 5.15. The first kappa shape index (κ1) is 22.4. The minimum absolute atomic E-state index is 0.0412. The Morgan fingerprint density at radius 3 is 2.41 bits per heavy atom. The lowest BCUT2D eigenvalue weighted by atomic mass is 10.2. The quantitative estimate of drug-likeness (QED) is 0.558. The van der Waals surface area contributed by atoms with Crippen molar-refractivity contribution in [1.82, 2.24) is 14.7 Å². The summed E-state index contributed by atoms with van der Waals surface area (Å²) in [7, 11) is 0. The van der Waals surface area contributed by atoms with Crippen molar-refractivity contribution >= 4 is 40.6 Å². The van der Waals surface area contributed by atoms with Crippen molar-refractivity contribution in [3.63, 3.8) is 0 Å². The van der Waals surface area contributed by atoms with Gasteiger partial charge in [0.15, 0.2) is 0 Å². The zero-order valence-electron chi connectivity index (χ0n) is 17.7. The summed E-state index contributed by atoms with van der Waals surface area (Å²) in [6, 6.07) is 17.0. The molecule has 0 bridgehead atoms. The Bertz CT molecular complexity index is 1130. The molecule has 0 aliphatic carbocycles. The Morgan fingerprint density at radius 1 is 1.06 bits per heavy atom. The van der Waals surface area contributed by atoms with Gasteiger partial charge in [0.2, 0.25) is 5.91 Å². The lowest BCUT2D eigenvalue weighted by molar-refractivity contribution is -0.117. The minimum atomic E-state index is -0.343. The number of hydrogen-bond donors (Lipinski definition) is 1. The molecule has 1 amide bonds. The van der Waals surface area contributed by atoms with Crippen molar-refractivity contribution < 1.29 is 4.79 Å². The molecule has 2 aromatic carbocycles. The van der Waals surface area contributed by atoms with E-state index in [1.165, 1.54) is 4.68 Å². The first-order valence-corrected chi connectivity index (χ1v) is 11.9. The van der Waals surface area contributed by atoms with Gasteiger partial charge in [-0.25, -0.2) is 0 Å². The highest BCUT2D eigenvalue weighted by atomic mass is 35.5. The molecule has 0 atom stereocenters. The smallest absolute Gasteiger partial charge is 0.292 e. The Hall–Kier alpha value is -2.81. The van der Waals surface area contributed by atoms with E-state index in [1.807, 2.05) is 65.8 Å². The fourth-order valence-electron chi connectivity index (χ4n) is 3.62. The molecule has 166 valence electrons. The molecule has 4 rings (SSSR count). The number of nitrogens with one attached hydrogen (secondary N) is 1. The van der Waals surface area contributed by atoms with Crippen LogP contribution in [0.25, 0.3) is 5.69 Å². The Balaban J connectivity index is 1.34. The van der Waals surface area contributed by atoms with E-state index >= 15 is 0 Å². The predicted molar refractivity (Wildman–Crippen MR) is 130 cm³/mol. The highest BCUT2D eigenvalue weighted by molar-refractivity contribution is 7.98. The van der Waals surface area contributed by atoms with Crippen LogP contribution in [0.15, 0.2) is 70.5 Å². The molecule has 0 unspecified atom stereocenters. The molecule has 1 fully saturated rings. The van der Waals surface area contributed by atoms with E-state index in [0.29, 0.717) is 44.1 Å². The number of para-hydroxylation sites is 1. The van der Waals surface area contributed by atoms with Crippen molar-refractivity contribution in [3.05, 3.63) is 76.2 Å². The second kappa shape index (κ2) is 10.2. The second-order valence-electron chi connectivity index (χ2n) is 7.44. The summed E-state index contributed by atoms with van der Waals surface area (Å²) >= 11 is 8.08. The van der Waals surface area contributed by atoms with Crippen molar-refractivity contribution in [3.8, 4) is 5.69 Å². The average molecular weight is 470 g/mol. The van der Waals surface area contributed by atoms with Gasteiger partial charge in [0, 0.05) is 36.8 Å². The third-order valence-electron chi connectivity index (χ3n) is 5.36. The second-order valence-corrected chi connectivity index (χ2v) is 8.69. The van der Waals surface area contributed by atoms with E-state index in [-0.39, 0.29) is 16.5 Å². The molecule has 1 N–H and O–H groups in total. The molecule has 3 aromatic rings. The first-order valence-electron chi connectivity index (χ1n) is 10.3. The number of piperazine rings is 1. The molecule has 1 aliphatic heterocycles. The van der Waals surface area contributed by atoms with Crippen LogP contribution in [0.1, 0.15) is 0 Å². The van der Waals surface area contributed by atoms with E-state index in [9.17, 15) is 9.59 Å². The van der Waals surface area contributed by atoms with Gasteiger partial charge in [-0.1, -0.05) is 29.8 Å². The Labute approximate surface area is 196 Å². The van der Waals surface area contributed by atoms with Gasteiger partial charge in [0.05, 0.1) is 24.1 Å². The molecule has 0 saturated carbocycles. The van der Waals surface area contributed by atoms with Crippen LogP contribution >= 0.6 is 23.4 Å². The molecule has 1 aromatic heterocycles. The summed E-state index contributed by atoms with van der Waals surface area (Å²) in [5.74, 6) is -0.0412. The van der Waals surface area contributed by atoms with Crippen LogP contribution in [-0.2, 0) is 4.79 Å². The number of halogens is 1. The standard InChI is InChI=1S/C23H24ClN5O2S/c1-32-19-9-7-17(8-10-19)26-21(30)16-27-11-13-28(14-12-27)20-15-25-29(23(31)22(20)24)18-5-3-2-4-6-18/h2-10,15H,11-14,16H2,1H3,(H,26,30). The molecule has 1 aliphatic rings. The van der Waals surface area contributed by atoms with Crippen LogP contribution in [0.5, 0.6) is 0 Å². The van der Waals surface area contributed by atoms with Gasteiger partial charge in [-0.3, -0.25) is 14.5 Å². The van der Waals surface area contributed by atoms with Crippen molar-refractivity contribution in [2.75, 3.05) is 49.2 Å². The minimum Gasteiger partial charge on any atom is -0.366 e. The molecule has 7 nitrogen and oxygen atoms in total. The number of benzene rings is 2. The topological polar surface area (TPSA) is 70.5 Å². The molecular formula is C23H24ClN5O2S. The molecule has 2 heterocycles. The fraction of sp³-hybridized carbons (Fsp3) is 0.261. The monoisotopic (exact) mass is 469 g/mol. The van der Waals surface area contributed by atoms with Crippen LogP contribution in [-0.4, -0.2) is 59.6 Å². The van der Waals surface area contributed by atoms with E-state index in [0.717, 1.165) is 10.6 Å². The van der Waals surface area contributed by atoms with E-state index in [4.69, 9.17) is 11.6 Å². The van der Waals surface area contributed by atoms with Crippen LogP contribution < -0.4 is 15.8 Å². The maximum atomic E-state index is 12.7. The lowest BCUT2D eigenvalue weighted by Crippen LogP contribution is -2.49. The van der Waals surface area contributed by atoms with Crippen LogP contribution in [0.4, 0.5) is 11.4 Å². The van der Waals surface area contributed by atoms with Gasteiger partial charge in [-0.15, -0.1) is 11.8 Å². The Morgan fingerprint density at radius 2 is 1.75 bits per heavy atom. The van der Waals surface area contributed by atoms with E-state index in [2.05, 4.69) is 15.3 Å². The molecule has 0 spiro atoms. The van der Waals surface area contributed by atoms with Gasteiger partial charge >= 0.3 is 0 Å². The summed E-state index contributed by atoms with van der Waals surface area (Å²) in [5, 5.41) is 7.41. The number of amides is 1. The van der Waals surface area contributed by atoms with Crippen molar-refractivity contribution in [1.29, 1.82) is 0 Å². The molecular weight excluding hydrogens is 446 g/mol. The SMILES string of the molecule is CSc1ccc(NC(=O)CN2CCN(c3cnn(-c4ccccc4)c(=O)c3Cl)CC2)cc1. The molecule has 32 heavy (non-hydrogen) atoms. The molecule has 1 saturated heterocycles. The van der Waals surface area contributed by atoms with Gasteiger partial charge in [-0.2, -0.15) is 9.78 Å². The number of nitrogens with zero attached hydrogens (tertiary/aromatic N) is 4. The fourth-order valence-corrected chi connectivity index (χ4v) is 4.28. The predicted octanol–water partition coefficient (Wildman–Crippen LogP) is 3.37. The third-order valence-corrected chi connectivity index (χ3v) is 6.45. The maximum absolute atomic E-state index is 12.7. The van der Waals surface area contributed by atoms with Crippen molar-refractivity contribution in [2.24, 2.45) is 0 Å². The Kier molecular flexibility index (Phi) is 7.14. The molecule has 0 radical (unpaired) electrons. The highest BCUT2D eigenvalue weighted by Gasteiger charge is 2.22. The summed E-state index contributed by atoms with van der Waals surface area (Å²) in [6.07, 6.45) is 3.65. The van der Waals surface area contributed by atoms with Crippen LogP contribution in [0.2, 0.25) is 5.02 Å². The zero-order valence-corrected chi connectivity index (χ0v) is 19.3. The number of anilines is 2. The lowest BCUT2D eigenvalue weighted by Gasteiger charge is -2.35. The largest absolute Gasteiger partial charge is 0.366 e. The van der Waals surface area contributed by atoms with Gasteiger partial charge in [-0.05, 0) is 42.7 Å². The number of rotatable bonds is 6. The van der Waals surface area contributed by atoms with E-state index in [1.54, 1.807) is 18.0 Å². The molecule has 9 heteroatoms. The van der Waals surface area contributed by atoms with Crippen molar-refractivity contribution in [2.45, 2.75) is 4.90 Å². The van der Waals surface area contributed by atoms with E-state index < -0.39 is 0 Å². The maximum Gasteiger partial charge on any atom is 0.292 e. The van der Waals surface area contributed by atoms with Gasteiger partial charge in [0.1, 0.15) is 5.02 Å². The number of carbonyl (C=O) groups excluding carboxylic acids is 1. The number of aromatic nitrogens is 2. The summed E-state index contributed by atoms with van der Waals surface area (Å²) < 4.78 is 1.30. The number of carbonyl (C=O) groups is 1. The van der Waals surface area contributed by atoms with Crippen LogP contribution in [0.3, 0.4) is 0 Å². The average Bonchev–Trinajstić information content (AvgIpc) is 2.82. The normalized spacial score (nSPS) is 14.4. The summed E-state index contributed by atoms with van der Waals surface area (Å²) in [5.41, 5.74) is 1.75. The zero-order chi connectivity index (χ0) is 22.5.